The summed E-state index contributed by atoms with van der Waals surface area (Å²) in [6, 6.07) is 6.80. The molecule has 3 aromatic rings. The summed E-state index contributed by atoms with van der Waals surface area (Å²) in [5.74, 6) is 0. The quantitative estimate of drug-likeness (QED) is 0.807. The molecule has 22 heavy (non-hydrogen) atoms. The topological polar surface area (TPSA) is 42.7 Å². The van der Waals surface area contributed by atoms with Gasteiger partial charge in [0, 0.05) is 55.0 Å². The Morgan fingerprint density at radius 3 is 2.95 bits per heavy atom. The number of aryl methyl sites for hydroxylation is 3. The average molecular weight is 292 g/mol. The lowest BCUT2D eigenvalue weighted by Crippen LogP contribution is -2.24. The van der Waals surface area contributed by atoms with Gasteiger partial charge in [-0.05, 0) is 36.6 Å². The molecule has 0 atom stereocenters. The van der Waals surface area contributed by atoms with Crippen molar-refractivity contribution in [3.8, 4) is 0 Å². The van der Waals surface area contributed by atoms with E-state index in [-0.39, 0.29) is 0 Å². The van der Waals surface area contributed by atoms with E-state index in [2.05, 4.69) is 45.0 Å². The highest BCUT2D eigenvalue weighted by Crippen LogP contribution is 2.29. The molecule has 4 nitrogen and oxygen atoms in total. The number of hydrogen-bond donors (Lipinski definition) is 1. The van der Waals surface area contributed by atoms with Gasteiger partial charge >= 0.3 is 0 Å². The van der Waals surface area contributed by atoms with Gasteiger partial charge in [-0.3, -0.25) is 0 Å². The zero-order valence-electron chi connectivity index (χ0n) is 12.8. The lowest BCUT2D eigenvalue weighted by atomic mass is 10.0. The Hall–Kier alpha value is -2.20. The number of nitrogens with one attached hydrogen (secondary N) is 1. The standard InChI is InChI=1S/C18H20N4/c1-13-2-3-17-15(8-13)16-11-19-6-4-18(16)22(17)7-5-14-9-20-12-21-10-14/h2-3,8-10,12,19H,4-7,11H2,1H3. The Morgan fingerprint density at radius 2 is 2.09 bits per heavy atom. The molecule has 0 radical (unpaired) electrons. The van der Waals surface area contributed by atoms with Gasteiger partial charge < -0.3 is 9.88 Å². The maximum absolute atomic E-state index is 4.12. The molecule has 0 aliphatic carbocycles. The summed E-state index contributed by atoms with van der Waals surface area (Å²) in [4.78, 5) is 8.23. The van der Waals surface area contributed by atoms with Crippen LogP contribution in [0.5, 0.6) is 0 Å². The van der Waals surface area contributed by atoms with Crippen LogP contribution in [0.1, 0.15) is 22.4 Å². The van der Waals surface area contributed by atoms with Gasteiger partial charge in [-0.2, -0.15) is 0 Å². The summed E-state index contributed by atoms with van der Waals surface area (Å²) < 4.78 is 2.50. The third kappa shape index (κ3) is 2.29. The minimum Gasteiger partial charge on any atom is -0.344 e. The molecular weight excluding hydrogens is 272 g/mol. The van der Waals surface area contributed by atoms with Crippen LogP contribution in [0.3, 0.4) is 0 Å². The van der Waals surface area contributed by atoms with Crippen molar-refractivity contribution in [3.05, 3.63) is 59.3 Å². The van der Waals surface area contributed by atoms with E-state index >= 15 is 0 Å². The molecule has 0 unspecified atom stereocenters. The molecule has 0 spiro atoms. The van der Waals surface area contributed by atoms with Gasteiger partial charge in [-0.15, -0.1) is 0 Å². The third-order valence-corrected chi connectivity index (χ3v) is 4.52. The Kier molecular flexibility index (Phi) is 3.39. The number of hydrogen-bond acceptors (Lipinski definition) is 3. The molecule has 0 fully saturated rings. The van der Waals surface area contributed by atoms with E-state index in [0.29, 0.717) is 0 Å². The van der Waals surface area contributed by atoms with Crippen LogP contribution in [-0.2, 0) is 25.9 Å². The molecule has 4 rings (SSSR count). The second-order valence-electron chi connectivity index (χ2n) is 6.02. The average Bonchev–Trinajstić information content (AvgIpc) is 2.87. The second-order valence-corrected chi connectivity index (χ2v) is 6.02. The third-order valence-electron chi connectivity index (χ3n) is 4.52. The van der Waals surface area contributed by atoms with Crippen LogP contribution in [0.15, 0.2) is 36.9 Å². The fourth-order valence-corrected chi connectivity index (χ4v) is 3.45. The lowest BCUT2D eigenvalue weighted by molar-refractivity contribution is 0.594. The number of nitrogens with zero attached hydrogens (tertiary/aromatic N) is 3. The first kappa shape index (κ1) is 13.5. The van der Waals surface area contributed by atoms with Gasteiger partial charge in [-0.1, -0.05) is 11.6 Å². The first-order chi connectivity index (χ1) is 10.8. The molecule has 1 N–H and O–H groups in total. The van der Waals surface area contributed by atoms with E-state index < -0.39 is 0 Å². The molecular formula is C18H20N4. The van der Waals surface area contributed by atoms with Crippen molar-refractivity contribution >= 4 is 10.9 Å². The van der Waals surface area contributed by atoms with Crippen LogP contribution in [-0.4, -0.2) is 21.1 Å². The molecule has 0 bridgehead atoms. The van der Waals surface area contributed by atoms with Crippen LogP contribution in [0, 0.1) is 6.92 Å². The monoisotopic (exact) mass is 292 g/mol. The second kappa shape index (κ2) is 5.54. The van der Waals surface area contributed by atoms with Crippen LogP contribution >= 0.6 is 0 Å². The van der Waals surface area contributed by atoms with Crippen LogP contribution in [0.2, 0.25) is 0 Å². The molecule has 0 saturated heterocycles. The molecule has 0 amide bonds. The predicted molar refractivity (Wildman–Crippen MR) is 87.8 cm³/mol. The SMILES string of the molecule is Cc1ccc2c(c1)c1c(n2CCc2cncnc2)CCNC1. The fourth-order valence-electron chi connectivity index (χ4n) is 3.45. The van der Waals surface area contributed by atoms with E-state index in [1.165, 1.54) is 33.3 Å². The number of benzene rings is 1. The molecule has 1 aliphatic rings. The highest BCUT2D eigenvalue weighted by molar-refractivity contribution is 5.86. The molecule has 112 valence electrons. The van der Waals surface area contributed by atoms with Crippen molar-refractivity contribution in [2.24, 2.45) is 0 Å². The smallest absolute Gasteiger partial charge is 0.115 e. The Labute approximate surface area is 130 Å². The van der Waals surface area contributed by atoms with Gasteiger partial charge in [0.2, 0.25) is 0 Å². The van der Waals surface area contributed by atoms with E-state index in [4.69, 9.17) is 0 Å². The summed E-state index contributed by atoms with van der Waals surface area (Å²) in [5.41, 5.74) is 6.86. The maximum Gasteiger partial charge on any atom is 0.115 e. The Morgan fingerprint density at radius 1 is 1.23 bits per heavy atom. The molecule has 3 heterocycles. The minimum absolute atomic E-state index is 0.971. The van der Waals surface area contributed by atoms with Crippen molar-refractivity contribution in [1.29, 1.82) is 0 Å². The molecule has 0 saturated carbocycles. The molecule has 2 aromatic heterocycles. The molecule has 1 aliphatic heterocycles. The first-order valence-corrected chi connectivity index (χ1v) is 7.88. The zero-order chi connectivity index (χ0) is 14.9. The van der Waals surface area contributed by atoms with E-state index in [9.17, 15) is 0 Å². The highest BCUT2D eigenvalue weighted by Gasteiger charge is 2.19. The normalized spacial score (nSPS) is 14.2. The maximum atomic E-state index is 4.12. The zero-order valence-corrected chi connectivity index (χ0v) is 12.8. The largest absolute Gasteiger partial charge is 0.344 e. The molecule has 4 heteroatoms. The Bertz CT molecular complexity index is 805. The fraction of sp³-hybridized carbons (Fsp3) is 0.333. The number of fused-ring (bicyclic) bond motifs is 3. The van der Waals surface area contributed by atoms with E-state index in [1.54, 1.807) is 6.33 Å². The lowest BCUT2D eigenvalue weighted by Gasteiger charge is -2.17. The van der Waals surface area contributed by atoms with E-state index in [1.807, 2.05) is 12.4 Å². The van der Waals surface area contributed by atoms with Gasteiger partial charge in [0.05, 0.1) is 0 Å². The Balaban J connectivity index is 1.76. The predicted octanol–water partition coefficient (Wildman–Crippen LogP) is 2.63. The summed E-state index contributed by atoms with van der Waals surface area (Å²) in [7, 11) is 0. The number of rotatable bonds is 3. The van der Waals surface area contributed by atoms with Crippen LogP contribution in [0.4, 0.5) is 0 Å². The van der Waals surface area contributed by atoms with Crippen molar-refractivity contribution in [2.45, 2.75) is 32.9 Å². The van der Waals surface area contributed by atoms with Crippen LogP contribution < -0.4 is 5.32 Å². The van der Waals surface area contributed by atoms with Gasteiger partial charge in [0.1, 0.15) is 6.33 Å². The van der Waals surface area contributed by atoms with Gasteiger partial charge in [0.25, 0.3) is 0 Å². The highest BCUT2D eigenvalue weighted by atomic mass is 15.0. The minimum atomic E-state index is 0.971. The molecule has 1 aromatic carbocycles. The summed E-state index contributed by atoms with van der Waals surface area (Å²) >= 11 is 0. The van der Waals surface area contributed by atoms with Gasteiger partial charge in [-0.25, -0.2) is 9.97 Å². The van der Waals surface area contributed by atoms with Crippen molar-refractivity contribution in [2.75, 3.05) is 6.54 Å². The summed E-state index contributed by atoms with van der Waals surface area (Å²) in [5, 5.41) is 4.92. The number of aromatic nitrogens is 3. The first-order valence-electron chi connectivity index (χ1n) is 7.88. The van der Waals surface area contributed by atoms with Crippen molar-refractivity contribution < 1.29 is 0 Å². The van der Waals surface area contributed by atoms with Crippen LogP contribution in [0.25, 0.3) is 10.9 Å². The van der Waals surface area contributed by atoms with Crippen molar-refractivity contribution in [1.82, 2.24) is 19.9 Å². The van der Waals surface area contributed by atoms with Crippen molar-refractivity contribution in [3.63, 3.8) is 0 Å². The van der Waals surface area contributed by atoms with E-state index in [0.717, 1.165) is 32.5 Å². The van der Waals surface area contributed by atoms with Gasteiger partial charge in [0.15, 0.2) is 0 Å². The summed E-state index contributed by atoms with van der Waals surface area (Å²) in [6.07, 6.45) is 7.49. The summed E-state index contributed by atoms with van der Waals surface area (Å²) in [6.45, 7) is 5.20.